The first kappa shape index (κ1) is 23.6. The number of hydrazine groups is 1. The number of nitrogens with zero attached hydrogens (tertiary/aromatic N) is 1. The summed E-state index contributed by atoms with van der Waals surface area (Å²) in [5.41, 5.74) is 6.80. The average molecular weight is 442 g/mol. The normalized spacial score (nSPS) is 18.6. The topological polar surface area (TPSA) is 89.1 Å². The first-order valence-electron chi connectivity index (χ1n) is 10.8. The van der Waals surface area contributed by atoms with E-state index in [0.717, 1.165) is 25.2 Å². The van der Waals surface area contributed by atoms with Gasteiger partial charge in [-0.25, -0.2) is 0 Å². The van der Waals surface area contributed by atoms with E-state index in [1.54, 1.807) is 30.3 Å². The summed E-state index contributed by atoms with van der Waals surface area (Å²) >= 11 is 0. The molecule has 0 bridgehead atoms. The Morgan fingerprint density at radius 1 is 0.969 bits per heavy atom. The van der Waals surface area contributed by atoms with Crippen molar-refractivity contribution in [1.29, 1.82) is 0 Å². The van der Waals surface area contributed by atoms with Crippen LogP contribution in [0.4, 0.5) is 0 Å². The Balaban J connectivity index is 1.54. The van der Waals surface area contributed by atoms with E-state index in [2.05, 4.69) is 29.6 Å². The maximum atomic E-state index is 12.4. The number of hydrogen-bond donors (Lipinski definition) is 2. The van der Waals surface area contributed by atoms with E-state index in [9.17, 15) is 9.59 Å². The van der Waals surface area contributed by atoms with Crippen LogP contribution in [0.25, 0.3) is 0 Å². The number of hydrogen-bond acceptors (Lipinski definition) is 6. The maximum Gasteiger partial charge on any atom is 0.269 e. The van der Waals surface area contributed by atoms with Gasteiger partial charge in [0, 0.05) is 30.8 Å². The van der Waals surface area contributed by atoms with Gasteiger partial charge in [-0.1, -0.05) is 12.1 Å². The summed E-state index contributed by atoms with van der Waals surface area (Å²) in [6.45, 7) is 9.08. The number of benzene rings is 2. The Bertz CT molecular complexity index is 922. The van der Waals surface area contributed by atoms with Crippen molar-refractivity contribution < 1.29 is 23.8 Å². The van der Waals surface area contributed by atoms with Crippen molar-refractivity contribution in [3.05, 3.63) is 59.2 Å². The van der Waals surface area contributed by atoms with E-state index >= 15 is 0 Å². The van der Waals surface area contributed by atoms with Gasteiger partial charge < -0.3 is 14.2 Å². The lowest BCUT2D eigenvalue weighted by Crippen LogP contribution is -2.44. The SMILES string of the molecule is CCOc1ccc(C(=O)NNC(=O)c2ccc(CN3CC(C)OC(C)C3)cc2)cc1OC. The molecule has 2 aromatic carbocycles. The molecule has 2 N–H and O–H groups in total. The molecule has 0 aliphatic carbocycles. The number of carbonyl (C=O) groups is 2. The number of ether oxygens (including phenoxy) is 3. The summed E-state index contributed by atoms with van der Waals surface area (Å²) < 4.78 is 16.5. The minimum absolute atomic E-state index is 0.211. The van der Waals surface area contributed by atoms with Crippen LogP contribution in [-0.2, 0) is 11.3 Å². The first-order valence-corrected chi connectivity index (χ1v) is 10.8. The molecule has 2 unspecified atom stereocenters. The van der Waals surface area contributed by atoms with Crippen LogP contribution in [0, 0.1) is 0 Å². The van der Waals surface area contributed by atoms with Gasteiger partial charge in [0.1, 0.15) is 0 Å². The molecule has 2 aromatic rings. The third-order valence-electron chi connectivity index (χ3n) is 5.13. The van der Waals surface area contributed by atoms with Crippen molar-refractivity contribution in [3.8, 4) is 11.5 Å². The smallest absolute Gasteiger partial charge is 0.269 e. The molecule has 0 radical (unpaired) electrons. The van der Waals surface area contributed by atoms with Gasteiger partial charge in [-0.2, -0.15) is 0 Å². The molecule has 1 aliphatic rings. The molecular weight excluding hydrogens is 410 g/mol. The van der Waals surface area contributed by atoms with E-state index < -0.39 is 11.8 Å². The standard InChI is InChI=1S/C24H31N3O5/c1-5-31-21-11-10-20(12-22(21)30-4)24(29)26-25-23(28)19-8-6-18(7-9-19)15-27-13-16(2)32-17(3)14-27/h6-12,16-17H,5,13-15H2,1-4H3,(H,25,28)(H,26,29). The van der Waals surface area contributed by atoms with Crippen LogP contribution in [0.1, 0.15) is 47.1 Å². The van der Waals surface area contributed by atoms with Crippen molar-refractivity contribution in [2.24, 2.45) is 0 Å². The van der Waals surface area contributed by atoms with Crippen LogP contribution in [0.3, 0.4) is 0 Å². The van der Waals surface area contributed by atoms with E-state index in [1.165, 1.54) is 7.11 Å². The van der Waals surface area contributed by atoms with Crippen LogP contribution in [0.5, 0.6) is 11.5 Å². The van der Waals surface area contributed by atoms with Crippen LogP contribution in [0.2, 0.25) is 0 Å². The van der Waals surface area contributed by atoms with Crippen LogP contribution in [0.15, 0.2) is 42.5 Å². The summed E-state index contributed by atoms with van der Waals surface area (Å²) in [5.74, 6) is 0.158. The lowest BCUT2D eigenvalue weighted by molar-refractivity contribution is -0.0704. The fraction of sp³-hybridized carbons (Fsp3) is 0.417. The van der Waals surface area contributed by atoms with Crippen LogP contribution >= 0.6 is 0 Å². The lowest BCUT2D eigenvalue weighted by atomic mass is 10.1. The van der Waals surface area contributed by atoms with Gasteiger partial charge in [-0.15, -0.1) is 0 Å². The second-order valence-corrected chi connectivity index (χ2v) is 7.86. The highest BCUT2D eigenvalue weighted by molar-refractivity contribution is 5.99. The lowest BCUT2D eigenvalue weighted by Gasteiger charge is -2.35. The highest BCUT2D eigenvalue weighted by Crippen LogP contribution is 2.27. The zero-order chi connectivity index (χ0) is 23.1. The predicted molar refractivity (Wildman–Crippen MR) is 121 cm³/mol. The molecule has 2 amide bonds. The minimum Gasteiger partial charge on any atom is -0.493 e. The summed E-state index contributed by atoms with van der Waals surface area (Å²) in [6.07, 6.45) is 0.422. The quantitative estimate of drug-likeness (QED) is 0.643. The Morgan fingerprint density at radius 2 is 1.56 bits per heavy atom. The minimum atomic E-state index is -0.452. The third-order valence-corrected chi connectivity index (χ3v) is 5.13. The van der Waals surface area contributed by atoms with E-state index in [1.807, 2.05) is 19.1 Å². The number of morpholine rings is 1. The fourth-order valence-electron chi connectivity index (χ4n) is 3.77. The monoisotopic (exact) mass is 441 g/mol. The number of methoxy groups -OCH3 is 1. The summed E-state index contributed by atoms with van der Waals surface area (Å²) in [6, 6.07) is 12.2. The molecule has 8 nitrogen and oxygen atoms in total. The third kappa shape index (κ3) is 6.21. The van der Waals surface area contributed by atoms with Gasteiger partial charge in [0.2, 0.25) is 0 Å². The van der Waals surface area contributed by atoms with Crippen molar-refractivity contribution in [2.45, 2.75) is 39.5 Å². The molecule has 0 spiro atoms. The number of rotatable bonds is 7. The molecular formula is C24H31N3O5. The molecule has 0 aromatic heterocycles. The van der Waals surface area contributed by atoms with Crippen LogP contribution in [-0.4, -0.2) is 55.7 Å². The maximum absolute atomic E-state index is 12.4. The van der Waals surface area contributed by atoms with Crippen LogP contribution < -0.4 is 20.3 Å². The molecule has 3 rings (SSSR count). The highest BCUT2D eigenvalue weighted by Gasteiger charge is 2.22. The second-order valence-electron chi connectivity index (χ2n) is 7.86. The summed E-state index contributed by atoms with van der Waals surface area (Å²) in [5, 5.41) is 0. The Morgan fingerprint density at radius 3 is 2.16 bits per heavy atom. The van der Waals surface area contributed by atoms with E-state index in [0.29, 0.717) is 29.2 Å². The first-order chi connectivity index (χ1) is 15.4. The second kappa shape index (κ2) is 11.0. The molecule has 8 heteroatoms. The van der Waals surface area contributed by atoms with E-state index in [4.69, 9.17) is 14.2 Å². The predicted octanol–water partition coefficient (Wildman–Crippen LogP) is 2.78. The number of carbonyl (C=O) groups excluding carboxylic acids is 2. The summed E-state index contributed by atoms with van der Waals surface area (Å²) in [7, 11) is 1.51. The van der Waals surface area contributed by atoms with Crippen molar-refractivity contribution in [1.82, 2.24) is 15.8 Å². The molecule has 1 saturated heterocycles. The molecule has 32 heavy (non-hydrogen) atoms. The van der Waals surface area contributed by atoms with Gasteiger partial charge in [-0.05, 0) is 56.7 Å². The van der Waals surface area contributed by atoms with Crippen molar-refractivity contribution in [3.63, 3.8) is 0 Å². The molecule has 172 valence electrons. The molecule has 1 fully saturated rings. The molecule has 1 aliphatic heterocycles. The fourth-order valence-corrected chi connectivity index (χ4v) is 3.77. The van der Waals surface area contributed by atoms with Gasteiger partial charge >= 0.3 is 0 Å². The zero-order valence-corrected chi connectivity index (χ0v) is 19.0. The average Bonchev–Trinajstić information content (AvgIpc) is 2.77. The molecule has 0 saturated carbocycles. The Kier molecular flexibility index (Phi) is 8.08. The Hall–Kier alpha value is -3.10. The van der Waals surface area contributed by atoms with Crippen molar-refractivity contribution in [2.75, 3.05) is 26.8 Å². The number of nitrogens with one attached hydrogen (secondary N) is 2. The zero-order valence-electron chi connectivity index (χ0n) is 19.0. The van der Waals surface area contributed by atoms with Gasteiger partial charge in [0.15, 0.2) is 11.5 Å². The number of amides is 2. The molecule has 1 heterocycles. The van der Waals surface area contributed by atoms with E-state index in [-0.39, 0.29) is 12.2 Å². The van der Waals surface area contributed by atoms with Gasteiger partial charge in [0.25, 0.3) is 11.8 Å². The van der Waals surface area contributed by atoms with Gasteiger partial charge in [0.05, 0.1) is 25.9 Å². The van der Waals surface area contributed by atoms with Crippen molar-refractivity contribution >= 4 is 11.8 Å². The Labute approximate surface area is 188 Å². The molecule has 2 atom stereocenters. The summed E-state index contributed by atoms with van der Waals surface area (Å²) in [4.78, 5) is 27.2. The highest BCUT2D eigenvalue weighted by atomic mass is 16.5. The largest absolute Gasteiger partial charge is 0.493 e. The van der Waals surface area contributed by atoms with Gasteiger partial charge in [-0.3, -0.25) is 25.3 Å².